The quantitative estimate of drug-likeness (QED) is 0.888. The summed E-state index contributed by atoms with van der Waals surface area (Å²) in [5.74, 6) is 0.558. The first-order chi connectivity index (χ1) is 7.42. The molecule has 0 fully saturated rings. The molecule has 4 nitrogen and oxygen atoms in total. The van der Waals surface area contributed by atoms with E-state index in [1.807, 2.05) is 6.92 Å². The van der Waals surface area contributed by atoms with Gasteiger partial charge < -0.3 is 4.74 Å². The molecule has 0 saturated carbocycles. The molecule has 0 unspecified atom stereocenters. The molecular weight excluding hydrogens is 250 g/mol. The van der Waals surface area contributed by atoms with E-state index in [9.17, 15) is 8.42 Å². The number of benzene rings is 1. The number of hydrogen-bond donors (Lipinski definition) is 1. The van der Waals surface area contributed by atoms with Gasteiger partial charge in [-0.25, -0.2) is 8.42 Å². The molecule has 0 aliphatic carbocycles. The average Bonchev–Trinajstić information content (AvgIpc) is 2.14. The van der Waals surface area contributed by atoms with Crippen molar-refractivity contribution in [2.45, 2.75) is 13.3 Å². The van der Waals surface area contributed by atoms with Crippen LogP contribution in [0.5, 0.6) is 5.75 Å². The summed E-state index contributed by atoms with van der Waals surface area (Å²) in [4.78, 5) is 0. The molecular formula is C10H14ClNO3S. The first-order valence-corrected chi connectivity index (χ1v) is 7.09. The minimum atomic E-state index is -3.27. The lowest BCUT2D eigenvalue weighted by Crippen LogP contribution is -2.09. The lowest BCUT2D eigenvalue weighted by atomic mass is 10.3. The summed E-state index contributed by atoms with van der Waals surface area (Å²) < 4.78 is 29.7. The fourth-order valence-corrected chi connectivity index (χ4v) is 1.90. The van der Waals surface area contributed by atoms with Gasteiger partial charge in [-0.15, -0.1) is 0 Å². The van der Waals surface area contributed by atoms with E-state index in [1.165, 1.54) is 6.07 Å². The smallest absolute Gasteiger partial charge is 0.229 e. The topological polar surface area (TPSA) is 55.4 Å². The Bertz CT molecular complexity index is 459. The van der Waals surface area contributed by atoms with Gasteiger partial charge in [0.2, 0.25) is 10.0 Å². The van der Waals surface area contributed by atoms with E-state index in [2.05, 4.69) is 4.72 Å². The predicted octanol–water partition coefficient (Wildman–Crippen LogP) is 2.50. The van der Waals surface area contributed by atoms with Crippen molar-refractivity contribution < 1.29 is 13.2 Å². The van der Waals surface area contributed by atoms with Crippen LogP contribution in [0, 0.1) is 0 Å². The summed E-state index contributed by atoms with van der Waals surface area (Å²) in [6.45, 7) is 2.58. The molecule has 1 aromatic carbocycles. The number of sulfonamides is 1. The maximum Gasteiger partial charge on any atom is 0.229 e. The molecule has 0 atom stereocenters. The zero-order valence-electron chi connectivity index (χ0n) is 9.16. The minimum absolute atomic E-state index is 0.391. The maximum absolute atomic E-state index is 11.0. The van der Waals surface area contributed by atoms with Crippen LogP contribution in [0.3, 0.4) is 0 Å². The van der Waals surface area contributed by atoms with Gasteiger partial charge in [0, 0.05) is 0 Å². The van der Waals surface area contributed by atoms with Gasteiger partial charge in [0.05, 0.1) is 23.6 Å². The summed E-state index contributed by atoms with van der Waals surface area (Å²) in [5.41, 5.74) is 0.427. The summed E-state index contributed by atoms with van der Waals surface area (Å²) >= 11 is 5.93. The molecule has 90 valence electrons. The molecule has 0 aliphatic heterocycles. The Labute approximate surface area is 101 Å². The summed E-state index contributed by atoms with van der Waals surface area (Å²) in [6, 6.07) is 4.77. The third-order valence-electron chi connectivity index (χ3n) is 1.70. The van der Waals surface area contributed by atoms with Crippen LogP contribution in [-0.2, 0) is 10.0 Å². The zero-order chi connectivity index (χ0) is 12.2. The van der Waals surface area contributed by atoms with Crippen molar-refractivity contribution >= 4 is 27.3 Å². The minimum Gasteiger partial charge on any atom is -0.492 e. The van der Waals surface area contributed by atoms with Gasteiger partial charge in [0.1, 0.15) is 5.75 Å². The number of halogens is 1. The molecule has 1 aromatic rings. The molecule has 0 saturated heterocycles. The van der Waals surface area contributed by atoms with E-state index in [0.29, 0.717) is 23.1 Å². The van der Waals surface area contributed by atoms with Crippen LogP contribution in [0.4, 0.5) is 5.69 Å². The highest BCUT2D eigenvalue weighted by Crippen LogP contribution is 2.28. The largest absolute Gasteiger partial charge is 0.492 e. The predicted molar refractivity (Wildman–Crippen MR) is 65.7 cm³/mol. The van der Waals surface area contributed by atoms with Gasteiger partial charge >= 0.3 is 0 Å². The van der Waals surface area contributed by atoms with E-state index in [4.69, 9.17) is 16.3 Å². The molecule has 0 aliphatic rings. The van der Waals surface area contributed by atoms with E-state index >= 15 is 0 Å². The van der Waals surface area contributed by atoms with Gasteiger partial charge in [-0.1, -0.05) is 18.5 Å². The molecule has 16 heavy (non-hydrogen) atoms. The molecule has 0 aromatic heterocycles. The lowest BCUT2D eigenvalue weighted by Gasteiger charge is -2.09. The first kappa shape index (κ1) is 13.1. The fourth-order valence-electron chi connectivity index (χ4n) is 1.11. The van der Waals surface area contributed by atoms with Crippen molar-refractivity contribution in [1.29, 1.82) is 0 Å². The Morgan fingerprint density at radius 2 is 2.12 bits per heavy atom. The standard InChI is InChI=1S/C10H14ClNO3S/c1-3-6-15-10-5-4-8(7-9(10)11)12-16(2,13)14/h4-5,7,12H,3,6H2,1-2H3. The van der Waals surface area contributed by atoms with Crippen molar-refractivity contribution in [2.24, 2.45) is 0 Å². The van der Waals surface area contributed by atoms with Crippen LogP contribution < -0.4 is 9.46 Å². The SMILES string of the molecule is CCCOc1ccc(NS(C)(=O)=O)cc1Cl. The van der Waals surface area contributed by atoms with Crippen molar-refractivity contribution in [2.75, 3.05) is 17.6 Å². The van der Waals surface area contributed by atoms with Crippen molar-refractivity contribution in [1.82, 2.24) is 0 Å². The first-order valence-electron chi connectivity index (χ1n) is 4.82. The second-order valence-electron chi connectivity index (χ2n) is 3.37. The molecule has 0 bridgehead atoms. The van der Waals surface area contributed by atoms with Crippen LogP contribution >= 0.6 is 11.6 Å². The van der Waals surface area contributed by atoms with Crippen LogP contribution in [-0.4, -0.2) is 21.3 Å². The monoisotopic (exact) mass is 263 g/mol. The summed E-state index contributed by atoms with van der Waals surface area (Å²) in [5, 5.41) is 0.391. The van der Waals surface area contributed by atoms with Gasteiger partial charge in [-0.2, -0.15) is 0 Å². The highest BCUT2D eigenvalue weighted by atomic mass is 35.5. The van der Waals surface area contributed by atoms with Crippen LogP contribution in [0.15, 0.2) is 18.2 Å². The second kappa shape index (κ2) is 5.41. The molecule has 0 radical (unpaired) electrons. The molecule has 1 N–H and O–H groups in total. The fraction of sp³-hybridized carbons (Fsp3) is 0.400. The summed E-state index contributed by atoms with van der Waals surface area (Å²) in [7, 11) is -3.27. The van der Waals surface area contributed by atoms with Crippen LogP contribution in [0.2, 0.25) is 5.02 Å². The number of nitrogens with one attached hydrogen (secondary N) is 1. The van der Waals surface area contributed by atoms with Crippen LogP contribution in [0.1, 0.15) is 13.3 Å². The van der Waals surface area contributed by atoms with E-state index in [1.54, 1.807) is 12.1 Å². The number of rotatable bonds is 5. The number of ether oxygens (including phenoxy) is 1. The van der Waals surface area contributed by atoms with E-state index < -0.39 is 10.0 Å². The van der Waals surface area contributed by atoms with Gasteiger partial charge in [-0.05, 0) is 24.6 Å². The number of hydrogen-bond acceptors (Lipinski definition) is 3. The van der Waals surface area contributed by atoms with Crippen molar-refractivity contribution in [3.63, 3.8) is 0 Å². The molecule has 6 heteroatoms. The van der Waals surface area contributed by atoms with Gasteiger partial charge in [0.15, 0.2) is 0 Å². The Balaban J connectivity index is 2.82. The third kappa shape index (κ3) is 4.28. The molecule has 0 spiro atoms. The molecule has 1 rings (SSSR count). The Morgan fingerprint density at radius 1 is 1.44 bits per heavy atom. The lowest BCUT2D eigenvalue weighted by molar-refractivity contribution is 0.317. The van der Waals surface area contributed by atoms with Gasteiger partial charge in [0.25, 0.3) is 0 Å². The van der Waals surface area contributed by atoms with Gasteiger partial charge in [-0.3, -0.25) is 4.72 Å². The average molecular weight is 264 g/mol. The highest BCUT2D eigenvalue weighted by Gasteiger charge is 2.06. The number of anilines is 1. The summed E-state index contributed by atoms with van der Waals surface area (Å²) in [6.07, 6.45) is 1.97. The Morgan fingerprint density at radius 3 is 2.62 bits per heavy atom. The molecule has 0 heterocycles. The van der Waals surface area contributed by atoms with Crippen LogP contribution in [0.25, 0.3) is 0 Å². The van der Waals surface area contributed by atoms with E-state index in [-0.39, 0.29) is 0 Å². The second-order valence-corrected chi connectivity index (χ2v) is 5.52. The third-order valence-corrected chi connectivity index (χ3v) is 2.60. The van der Waals surface area contributed by atoms with Crippen molar-refractivity contribution in [3.05, 3.63) is 23.2 Å². The maximum atomic E-state index is 11.0. The molecule has 0 amide bonds. The zero-order valence-corrected chi connectivity index (χ0v) is 10.7. The Hall–Kier alpha value is -0.940. The van der Waals surface area contributed by atoms with E-state index in [0.717, 1.165) is 12.7 Å². The normalized spacial score (nSPS) is 11.2. The van der Waals surface area contributed by atoms with Crippen molar-refractivity contribution in [3.8, 4) is 5.75 Å². The Kier molecular flexibility index (Phi) is 4.44. The highest BCUT2D eigenvalue weighted by molar-refractivity contribution is 7.92.